The van der Waals surface area contributed by atoms with Crippen molar-refractivity contribution >= 4 is 10.2 Å². The molecule has 7 nitrogen and oxygen atoms in total. The lowest BCUT2D eigenvalue weighted by Crippen LogP contribution is -2.49. The molecule has 0 radical (unpaired) electrons. The first-order valence-electron chi connectivity index (χ1n) is 9.65. The van der Waals surface area contributed by atoms with E-state index < -0.39 is 64.7 Å². The fraction of sp³-hybridized carbons (Fsp3) is 0.882. The molecule has 0 saturated heterocycles. The van der Waals surface area contributed by atoms with Gasteiger partial charge in [-0.2, -0.15) is 5.06 Å². The van der Waals surface area contributed by atoms with E-state index in [2.05, 4.69) is 0 Å². The molecule has 1 rings (SSSR count). The van der Waals surface area contributed by atoms with Gasteiger partial charge in [-0.05, 0) is 24.8 Å². The van der Waals surface area contributed by atoms with Gasteiger partial charge in [0.25, 0.3) is 0 Å². The van der Waals surface area contributed by atoms with E-state index in [0.717, 1.165) is 11.5 Å². The van der Waals surface area contributed by atoms with Crippen LogP contribution in [-0.2, 0) is 4.84 Å². The summed E-state index contributed by atoms with van der Waals surface area (Å²) in [4.78, 5) is 5.30. The Kier molecular flexibility index (Phi) is 9.11. The summed E-state index contributed by atoms with van der Waals surface area (Å²) in [7, 11) is -8.43. The Balaban J connectivity index is 2.77. The number of likely N-dealkylation sites (N-methyl/N-ethyl adjacent to an activating group) is 1. The topological polar surface area (TPSA) is 114 Å². The second-order valence-corrected chi connectivity index (χ2v) is 10.1. The zero-order chi connectivity index (χ0) is 23.2. The van der Waals surface area contributed by atoms with Crippen LogP contribution in [0.5, 0.6) is 0 Å². The fourth-order valence-corrected chi connectivity index (χ4v) is 4.18. The van der Waals surface area contributed by atoms with Crippen LogP contribution in [0.1, 0.15) is 38.5 Å². The Bertz CT molecular complexity index is 578. The van der Waals surface area contributed by atoms with Crippen LogP contribution in [0, 0.1) is 5.92 Å². The zero-order valence-electron chi connectivity index (χ0n) is 16.7. The predicted molar refractivity (Wildman–Crippen MR) is 102 cm³/mol. The average Bonchev–Trinajstić information content (AvgIpc) is 2.59. The van der Waals surface area contributed by atoms with Crippen molar-refractivity contribution < 1.29 is 49.8 Å². The van der Waals surface area contributed by atoms with Crippen molar-refractivity contribution in [2.75, 3.05) is 26.8 Å². The molecule has 13 heteroatoms. The van der Waals surface area contributed by atoms with Crippen molar-refractivity contribution in [1.29, 1.82) is 0 Å². The molecule has 0 aromatic rings. The Labute approximate surface area is 172 Å². The third-order valence-corrected chi connectivity index (χ3v) is 5.68. The van der Waals surface area contributed by atoms with Crippen LogP contribution >= 0.6 is 10.2 Å². The lowest BCUT2D eigenvalue weighted by Gasteiger charge is -2.39. The molecular weight excluding hydrogens is 441 g/mol. The van der Waals surface area contributed by atoms with E-state index >= 15 is 0 Å². The van der Waals surface area contributed by atoms with Crippen LogP contribution < -0.4 is 0 Å². The number of rotatable bonds is 10. The first kappa shape index (κ1) is 27.5. The standard InChI is InChI=1S/C17H32F5NO6S/c1-23(8-14(25)16(27)17(28)15(26)9-24)29-10-12-6-4-2-3-5-7-13(12)11-30(18,19,20,21)22/h11-12,14-17,24-28H,2-10H2,1H3. The largest absolute Gasteiger partial charge is 0.394 e. The molecule has 1 fully saturated rings. The summed E-state index contributed by atoms with van der Waals surface area (Å²) >= 11 is 0. The van der Waals surface area contributed by atoms with Crippen LogP contribution in [-0.4, -0.2) is 81.8 Å². The van der Waals surface area contributed by atoms with Gasteiger partial charge in [-0.3, -0.25) is 4.84 Å². The lowest BCUT2D eigenvalue weighted by atomic mass is 9.88. The molecule has 0 aromatic heterocycles. The van der Waals surface area contributed by atoms with Crippen LogP contribution in [0.4, 0.5) is 19.4 Å². The van der Waals surface area contributed by atoms with Gasteiger partial charge >= 0.3 is 10.2 Å². The van der Waals surface area contributed by atoms with E-state index in [1.54, 1.807) is 0 Å². The maximum absolute atomic E-state index is 13.0. The van der Waals surface area contributed by atoms with E-state index in [0.29, 0.717) is 19.3 Å². The van der Waals surface area contributed by atoms with Crippen LogP contribution in [0.25, 0.3) is 0 Å². The summed E-state index contributed by atoms with van der Waals surface area (Å²) in [6.07, 6.45) is -4.51. The monoisotopic (exact) mass is 473 g/mol. The van der Waals surface area contributed by atoms with Gasteiger partial charge in [0.1, 0.15) is 18.3 Å². The predicted octanol–water partition coefficient (Wildman–Crippen LogP) is 2.44. The average molecular weight is 474 g/mol. The van der Waals surface area contributed by atoms with E-state index in [1.807, 2.05) is 0 Å². The summed E-state index contributed by atoms with van der Waals surface area (Å²) in [6.45, 7) is -1.58. The Morgan fingerprint density at radius 1 is 1.00 bits per heavy atom. The Hall–Kier alpha value is -0.540. The summed E-state index contributed by atoms with van der Waals surface area (Å²) in [6, 6.07) is 0. The molecule has 0 amide bonds. The number of halogens is 5. The maximum atomic E-state index is 13.0. The van der Waals surface area contributed by atoms with Crippen molar-refractivity contribution in [2.45, 2.75) is 62.9 Å². The number of aliphatic hydroxyl groups excluding tert-OH is 5. The molecule has 0 aromatic carbocycles. The number of nitrogens with zero attached hydrogens (tertiary/aromatic N) is 1. The highest BCUT2D eigenvalue weighted by Crippen LogP contribution is 2.99. The molecule has 30 heavy (non-hydrogen) atoms. The minimum absolute atomic E-state index is 0.115. The molecule has 0 bridgehead atoms. The highest BCUT2D eigenvalue weighted by atomic mass is 32.5. The van der Waals surface area contributed by atoms with Gasteiger partial charge in [-0.1, -0.05) is 38.7 Å². The number of hydrogen-bond acceptors (Lipinski definition) is 7. The molecule has 5 atom stereocenters. The van der Waals surface area contributed by atoms with E-state index in [-0.39, 0.29) is 19.4 Å². The van der Waals surface area contributed by atoms with Gasteiger partial charge in [0.05, 0.1) is 31.3 Å². The van der Waals surface area contributed by atoms with Gasteiger partial charge in [-0.25, -0.2) is 0 Å². The second-order valence-electron chi connectivity index (χ2n) is 7.78. The summed E-state index contributed by atoms with van der Waals surface area (Å²) in [5.74, 6) is -0.889. The zero-order valence-corrected chi connectivity index (χ0v) is 17.5. The number of hydrogen-bond donors (Lipinski definition) is 5. The molecule has 0 aliphatic heterocycles. The molecule has 1 aliphatic carbocycles. The summed E-state index contributed by atoms with van der Waals surface area (Å²) in [5.41, 5.74) is -0.413. The fourth-order valence-electron chi connectivity index (χ4n) is 3.30. The van der Waals surface area contributed by atoms with Crippen molar-refractivity contribution in [3.05, 3.63) is 11.0 Å². The van der Waals surface area contributed by atoms with Crippen LogP contribution in [0.2, 0.25) is 0 Å². The first-order chi connectivity index (χ1) is 13.5. The van der Waals surface area contributed by atoms with Crippen LogP contribution in [0.3, 0.4) is 0 Å². The molecule has 5 unspecified atom stereocenters. The van der Waals surface area contributed by atoms with E-state index in [1.165, 1.54) is 7.05 Å². The number of aliphatic hydroxyl groups is 5. The van der Waals surface area contributed by atoms with Crippen molar-refractivity contribution in [1.82, 2.24) is 5.06 Å². The summed E-state index contributed by atoms with van der Waals surface area (Å²) in [5, 5.41) is 47.5. The molecule has 0 heterocycles. The number of hydroxylamine groups is 2. The van der Waals surface area contributed by atoms with Crippen molar-refractivity contribution in [3.8, 4) is 0 Å². The van der Waals surface area contributed by atoms with Crippen LogP contribution in [0.15, 0.2) is 11.0 Å². The molecule has 1 aliphatic rings. The minimum atomic E-state index is -9.74. The molecule has 182 valence electrons. The van der Waals surface area contributed by atoms with Gasteiger partial charge in [0, 0.05) is 13.0 Å². The third-order valence-electron chi connectivity index (χ3n) is 4.93. The smallest absolute Gasteiger partial charge is 0.304 e. The highest BCUT2D eigenvalue weighted by molar-refractivity contribution is 8.48. The molecular formula is C17H32F5NO6S. The van der Waals surface area contributed by atoms with Crippen molar-refractivity contribution in [3.63, 3.8) is 0 Å². The van der Waals surface area contributed by atoms with E-state index in [4.69, 9.17) is 9.94 Å². The molecule has 0 spiro atoms. The first-order valence-corrected chi connectivity index (χ1v) is 11.7. The maximum Gasteiger partial charge on any atom is 0.304 e. The van der Waals surface area contributed by atoms with Gasteiger partial charge in [0.2, 0.25) is 0 Å². The Morgan fingerprint density at radius 2 is 1.57 bits per heavy atom. The minimum Gasteiger partial charge on any atom is -0.394 e. The van der Waals surface area contributed by atoms with E-state index in [9.17, 15) is 39.9 Å². The highest BCUT2D eigenvalue weighted by Gasteiger charge is 2.61. The van der Waals surface area contributed by atoms with Gasteiger partial charge < -0.3 is 25.5 Å². The summed E-state index contributed by atoms with van der Waals surface area (Å²) < 4.78 is 64.9. The lowest BCUT2D eigenvalue weighted by molar-refractivity contribution is -0.184. The normalized spacial score (nSPS) is 26.9. The third kappa shape index (κ3) is 10.7. The SMILES string of the molecule is CN(CC(O)C(O)C(O)C(O)CO)OCC1CCCCCCC1=CS(F)(F)(F)(F)F. The van der Waals surface area contributed by atoms with Crippen molar-refractivity contribution in [2.24, 2.45) is 5.92 Å². The molecule has 5 N–H and O–H groups in total. The molecule has 1 saturated carbocycles. The Morgan fingerprint density at radius 3 is 2.13 bits per heavy atom. The van der Waals surface area contributed by atoms with Gasteiger partial charge in [-0.15, -0.1) is 0 Å². The second kappa shape index (κ2) is 9.94. The quantitative estimate of drug-likeness (QED) is 0.245. The van der Waals surface area contributed by atoms with Gasteiger partial charge in [0.15, 0.2) is 0 Å².